The number of ether oxygens (including phenoxy) is 1. The molecule has 118 valence electrons. The highest BCUT2D eigenvalue weighted by molar-refractivity contribution is 5.20. The van der Waals surface area contributed by atoms with Gasteiger partial charge in [0.25, 0.3) is 0 Å². The summed E-state index contributed by atoms with van der Waals surface area (Å²) >= 11 is 0. The van der Waals surface area contributed by atoms with Gasteiger partial charge in [-0.05, 0) is 44.4 Å². The summed E-state index contributed by atoms with van der Waals surface area (Å²) in [5.74, 6) is 1.69. The van der Waals surface area contributed by atoms with Gasteiger partial charge in [0, 0.05) is 25.2 Å². The molecule has 0 radical (unpaired) electrons. The van der Waals surface area contributed by atoms with E-state index in [1.165, 1.54) is 19.5 Å². The fourth-order valence-corrected chi connectivity index (χ4v) is 3.04. The summed E-state index contributed by atoms with van der Waals surface area (Å²) in [6.45, 7) is 11.2. The number of hydrogen-bond donors (Lipinski definition) is 1. The maximum atomic E-state index is 5.76. The van der Waals surface area contributed by atoms with Crippen molar-refractivity contribution in [1.29, 1.82) is 0 Å². The quantitative estimate of drug-likeness (QED) is 0.781. The van der Waals surface area contributed by atoms with Gasteiger partial charge >= 0.3 is 0 Å². The molecular formula is C18H30N2O. The van der Waals surface area contributed by atoms with E-state index in [4.69, 9.17) is 4.74 Å². The van der Waals surface area contributed by atoms with Crippen molar-refractivity contribution in [2.75, 3.05) is 26.2 Å². The van der Waals surface area contributed by atoms with Crippen LogP contribution in [0.4, 0.5) is 0 Å². The van der Waals surface area contributed by atoms with Crippen LogP contribution in [0.2, 0.25) is 0 Å². The van der Waals surface area contributed by atoms with Crippen LogP contribution in [-0.4, -0.2) is 43.2 Å². The number of hydrogen-bond acceptors (Lipinski definition) is 3. The first kappa shape index (κ1) is 16.3. The van der Waals surface area contributed by atoms with Gasteiger partial charge in [-0.3, -0.25) is 4.90 Å². The zero-order valence-electron chi connectivity index (χ0n) is 13.7. The van der Waals surface area contributed by atoms with Gasteiger partial charge in [0.05, 0.1) is 6.61 Å². The predicted octanol–water partition coefficient (Wildman–Crippen LogP) is 3.16. The second-order valence-corrected chi connectivity index (χ2v) is 6.48. The van der Waals surface area contributed by atoms with Gasteiger partial charge < -0.3 is 10.1 Å². The van der Waals surface area contributed by atoms with Crippen molar-refractivity contribution in [3.8, 4) is 5.75 Å². The summed E-state index contributed by atoms with van der Waals surface area (Å²) in [7, 11) is 0. The number of nitrogens with zero attached hydrogens (tertiary/aromatic N) is 1. The van der Waals surface area contributed by atoms with Gasteiger partial charge in [-0.1, -0.05) is 32.0 Å². The summed E-state index contributed by atoms with van der Waals surface area (Å²) in [4.78, 5) is 2.66. The normalized spacial score (nSPS) is 23.4. The monoisotopic (exact) mass is 290 g/mol. The fourth-order valence-electron chi connectivity index (χ4n) is 3.04. The number of unbranched alkanes of at least 4 members (excludes halogenated alkanes) is 1. The third-order valence-corrected chi connectivity index (χ3v) is 4.27. The van der Waals surface area contributed by atoms with Crippen LogP contribution in [0.25, 0.3) is 0 Å². The second kappa shape index (κ2) is 8.40. The zero-order chi connectivity index (χ0) is 15.1. The van der Waals surface area contributed by atoms with E-state index in [-0.39, 0.29) is 0 Å². The van der Waals surface area contributed by atoms with Gasteiger partial charge in [-0.2, -0.15) is 0 Å². The first-order valence-electron chi connectivity index (χ1n) is 8.32. The molecule has 1 aromatic rings. The lowest BCUT2D eigenvalue weighted by Gasteiger charge is -2.41. The summed E-state index contributed by atoms with van der Waals surface area (Å²) < 4.78 is 5.76. The molecular weight excluding hydrogens is 260 g/mol. The van der Waals surface area contributed by atoms with E-state index in [2.05, 4.69) is 31.0 Å². The third kappa shape index (κ3) is 5.33. The Labute approximate surface area is 129 Å². The van der Waals surface area contributed by atoms with E-state index in [0.717, 1.165) is 25.3 Å². The lowest BCUT2D eigenvalue weighted by Crippen LogP contribution is -2.57. The maximum Gasteiger partial charge on any atom is 0.119 e. The molecule has 3 nitrogen and oxygen atoms in total. The third-order valence-electron chi connectivity index (χ3n) is 4.27. The molecule has 1 aliphatic rings. The molecule has 0 spiro atoms. The smallest absolute Gasteiger partial charge is 0.119 e. The number of para-hydroxylation sites is 1. The van der Waals surface area contributed by atoms with Crippen molar-refractivity contribution >= 4 is 0 Å². The Morgan fingerprint density at radius 2 is 2.00 bits per heavy atom. The summed E-state index contributed by atoms with van der Waals surface area (Å²) in [5.41, 5.74) is 0. The fraction of sp³-hybridized carbons (Fsp3) is 0.667. The van der Waals surface area contributed by atoms with Crippen molar-refractivity contribution in [3.05, 3.63) is 30.3 Å². The summed E-state index contributed by atoms with van der Waals surface area (Å²) in [6, 6.07) is 11.4. The number of nitrogens with one attached hydrogen (secondary N) is 1. The molecule has 0 amide bonds. The zero-order valence-corrected chi connectivity index (χ0v) is 13.7. The average Bonchev–Trinajstić information content (AvgIpc) is 2.48. The maximum absolute atomic E-state index is 5.76. The number of piperazine rings is 1. The average molecular weight is 290 g/mol. The number of benzene rings is 1. The highest BCUT2D eigenvalue weighted by Gasteiger charge is 2.27. The van der Waals surface area contributed by atoms with Crippen LogP contribution in [-0.2, 0) is 0 Å². The van der Waals surface area contributed by atoms with Crippen LogP contribution in [0.15, 0.2) is 30.3 Å². The summed E-state index contributed by atoms with van der Waals surface area (Å²) in [6.07, 6.45) is 2.33. The van der Waals surface area contributed by atoms with Crippen molar-refractivity contribution < 1.29 is 4.74 Å². The van der Waals surface area contributed by atoms with E-state index in [9.17, 15) is 0 Å². The van der Waals surface area contributed by atoms with Crippen LogP contribution in [0, 0.1) is 5.92 Å². The first-order valence-corrected chi connectivity index (χ1v) is 8.32. The Bertz CT molecular complexity index is 393. The van der Waals surface area contributed by atoms with Crippen LogP contribution < -0.4 is 10.1 Å². The molecule has 1 aromatic carbocycles. The van der Waals surface area contributed by atoms with Gasteiger partial charge in [0.15, 0.2) is 0 Å². The van der Waals surface area contributed by atoms with Gasteiger partial charge in [-0.15, -0.1) is 0 Å². The Morgan fingerprint density at radius 1 is 1.24 bits per heavy atom. The second-order valence-electron chi connectivity index (χ2n) is 6.48. The highest BCUT2D eigenvalue weighted by Crippen LogP contribution is 2.16. The van der Waals surface area contributed by atoms with Gasteiger partial charge in [0.1, 0.15) is 5.75 Å². The van der Waals surface area contributed by atoms with Crippen molar-refractivity contribution in [2.24, 2.45) is 5.92 Å². The Morgan fingerprint density at radius 3 is 2.71 bits per heavy atom. The number of rotatable bonds is 7. The molecule has 1 fully saturated rings. The van der Waals surface area contributed by atoms with E-state index in [1.807, 2.05) is 30.3 Å². The Hall–Kier alpha value is -1.06. The van der Waals surface area contributed by atoms with Crippen molar-refractivity contribution in [1.82, 2.24) is 10.2 Å². The van der Waals surface area contributed by atoms with E-state index >= 15 is 0 Å². The topological polar surface area (TPSA) is 24.5 Å². The predicted molar refractivity (Wildman–Crippen MR) is 88.8 cm³/mol. The SMILES string of the molecule is CC1CN(CCCCOc2ccccc2)C(C(C)C)CN1. The summed E-state index contributed by atoms with van der Waals surface area (Å²) in [5, 5.41) is 3.60. The van der Waals surface area contributed by atoms with Crippen LogP contribution >= 0.6 is 0 Å². The minimum absolute atomic E-state index is 0.612. The van der Waals surface area contributed by atoms with Crippen LogP contribution in [0.3, 0.4) is 0 Å². The minimum atomic E-state index is 0.612. The molecule has 0 aromatic heterocycles. The largest absolute Gasteiger partial charge is 0.494 e. The molecule has 1 saturated heterocycles. The molecule has 2 atom stereocenters. The van der Waals surface area contributed by atoms with E-state index < -0.39 is 0 Å². The van der Waals surface area contributed by atoms with E-state index in [1.54, 1.807) is 0 Å². The standard InChI is InChI=1S/C18H30N2O/c1-15(2)18-13-19-16(3)14-20(18)11-7-8-12-21-17-9-5-4-6-10-17/h4-6,9-10,15-16,18-19H,7-8,11-14H2,1-3H3. The molecule has 2 unspecified atom stereocenters. The Kier molecular flexibility index (Phi) is 6.52. The van der Waals surface area contributed by atoms with Gasteiger partial charge in [-0.25, -0.2) is 0 Å². The molecule has 3 heteroatoms. The Balaban J connectivity index is 1.66. The minimum Gasteiger partial charge on any atom is -0.494 e. The molecule has 0 saturated carbocycles. The molecule has 1 N–H and O–H groups in total. The molecule has 21 heavy (non-hydrogen) atoms. The lowest BCUT2D eigenvalue weighted by atomic mass is 9.98. The van der Waals surface area contributed by atoms with Crippen molar-refractivity contribution in [3.63, 3.8) is 0 Å². The van der Waals surface area contributed by atoms with Crippen molar-refractivity contribution in [2.45, 2.75) is 45.7 Å². The lowest BCUT2D eigenvalue weighted by molar-refractivity contribution is 0.0994. The molecule has 0 aliphatic carbocycles. The first-order chi connectivity index (χ1) is 10.2. The highest BCUT2D eigenvalue weighted by atomic mass is 16.5. The van der Waals surface area contributed by atoms with Crippen LogP contribution in [0.5, 0.6) is 5.75 Å². The molecule has 1 heterocycles. The molecule has 0 bridgehead atoms. The molecule has 1 aliphatic heterocycles. The molecule has 2 rings (SSSR count). The van der Waals surface area contributed by atoms with Crippen LogP contribution in [0.1, 0.15) is 33.6 Å². The van der Waals surface area contributed by atoms with Gasteiger partial charge in [0.2, 0.25) is 0 Å². The van der Waals surface area contributed by atoms with E-state index in [0.29, 0.717) is 18.0 Å².